The number of nitrogens with zero attached hydrogens (tertiary/aromatic N) is 3. The number of rotatable bonds is 5. The van der Waals surface area contributed by atoms with Crippen LogP contribution in [-0.4, -0.2) is 47.1 Å². The fraction of sp³-hybridized carbons (Fsp3) is 0.320. The Hall–Kier alpha value is -3.56. The number of allylic oxidation sites excluding steroid dienone is 1. The molecule has 1 saturated heterocycles. The van der Waals surface area contributed by atoms with E-state index in [9.17, 15) is 4.79 Å². The minimum Gasteiger partial charge on any atom is -0.454 e. The van der Waals surface area contributed by atoms with Gasteiger partial charge in [-0.3, -0.25) is 4.90 Å². The Balaban J connectivity index is 1.41. The minimum atomic E-state index is -0.507. The monoisotopic (exact) mass is 494 g/mol. The molecule has 1 aromatic heterocycles. The van der Waals surface area contributed by atoms with Crippen molar-refractivity contribution in [2.75, 3.05) is 19.9 Å². The molecule has 3 aliphatic heterocycles. The van der Waals surface area contributed by atoms with Crippen LogP contribution in [0.15, 0.2) is 52.7 Å². The predicted molar refractivity (Wildman–Crippen MR) is 127 cm³/mol. The molecule has 0 bridgehead atoms. The lowest BCUT2D eigenvalue weighted by atomic mass is 9.94. The number of carbonyl (C=O) groups excluding carboxylic acids is 1. The van der Waals surface area contributed by atoms with Crippen molar-refractivity contribution in [3.05, 3.63) is 64.6 Å². The van der Waals surface area contributed by atoms with Crippen molar-refractivity contribution in [2.45, 2.75) is 31.9 Å². The molecule has 1 fully saturated rings. The lowest BCUT2D eigenvalue weighted by Crippen LogP contribution is -2.48. The quantitative estimate of drug-likeness (QED) is 0.544. The lowest BCUT2D eigenvalue weighted by Gasteiger charge is -2.36. The van der Waals surface area contributed by atoms with E-state index in [-0.39, 0.29) is 18.9 Å². The van der Waals surface area contributed by atoms with E-state index in [1.165, 1.54) is 0 Å². The van der Waals surface area contributed by atoms with Crippen LogP contribution in [0.4, 0.5) is 4.79 Å². The maximum Gasteiger partial charge on any atom is 0.322 e. The van der Waals surface area contributed by atoms with E-state index in [1.54, 1.807) is 11.0 Å². The van der Waals surface area contributed by atoms with Crippen LogP contribution in [0.3, 0.4) is 0 Å². The first-order valence-corrected chi connectivity index (χ1v) is 11.8. The van der Waals surface area contributed by atoms with Gasteiger partial charge in [0.05, 0.1) is 24.3 Å². The summed E-state index contributed by atoms with van der Waals surface area (Å²) in [5.41, 5.74) is 3.00. The van der Waals surface area contributed by atoms with E-state index in [0.717, 1.165) is 29.7 Å². The highest BCUT2D eigenvalue weighted by Crippen LogP contribution is 2.39. The summed E-state index contributed by atoms with van der Waals surface area (Å²) in [6, 6.07) is 12.1. The first-order chi connectivity index (χ1) is 17.1. The molecular weight excluding hydrogens is 472 g/mol. The van der Waals surface area contributed by atoms with Gasteiger partial charge in [-0.15, -0.1) is 0 Å². The summed E-state index contributed by atoms with van der Waals surface area (Å²) >= 11 is 6.27. The highest BCUT2D eigenvalue weighted by atomic mass is 35.5. The number of hydrogen-bond acceptors (Lipinski definition) is 7. The number of fused-ring (bicyclic) bond motifs is 1. The molecule has 1 N–H and O–H groups in total. The van der Waals surface area contributed by atoms with Crippen LogP contribution >= 0.6 is 11.6 Å². The van der Waals surface area contributed by atoms with Gasteiger partial charge in [-0.05, 0) is 55.7 Å². The average molecular weight is 495 g/mol. The normalized spacial score (nSPS) is 21.5. The molecule has 6 rings (SSSR count). The molecule has 0 radical (unpaired) electrons. The van der Waals surface area contributed by atoms with Crippen LogP contribution in [0.1, 0.15) is 37.3 Å². The Morgan fingerprint density at radius 1 is 1.17 bits per heavy atom. The number of halogens is 1. The maximum atomic E-state index is 13.2. The Bertz CT molecular complexity index is 1320. The summed E-state index contributed by atoms with van der Waals surface area (Å²) in [6.45, 7) is 3.24. The highest BCUT2D eigenvalue weighted by molar-refractivity contribution is 6.30. The average Bonchev–Trinajstić information content (AvgIpc) is 3.63. The van der Waals surface area contributed by atoms with Gasteiger partial charge in [-0.2, -0.15) is 4.98 Å². The maximum absolute atomic E-state index is 13.2. The summed E-state index contributed by atoms with van der Waals surface area (Å²) in [5.74, 6) is 2.04. The molecule has 35 heavy (non-hydrogen) atoms. The molecule has 3 aliphatic rings. The molecule has 2 atom stereocenters. The molecule has 0 aliphatic carbocycles. The van der Waals surface area contributed by atoms with Crippen LogP contribution < -0.4 is 14.8 Å². The fourth-order valence-electron chi connectivity index (χ4n) is 4.69. The number of amides is 2. The fourth-order valence-corrected chi connectivity index (χ4v) is 4.89. The van der Waals surface area contributed by atoms with Crippen molar-refractivity contribution >= 4 is 23.2 Å². The van der Waals surface area contributed by atoms with E-state index < -0.39 is 6.04 Å². The topological polar surface area (TPSA) is 98.9 Å². The van der Waals surface area contributed by atoms with Crippen LogP contribution in [0.2, 0.25) is 5.02 Å². The molecule has 2 aromatic carbocycles. The summed E-state index contributed by atoms with van der Waals surface area (Å²) in [5, 5.41) is 7.88. The van der Waals surface area contributed by atoms with E-state index in [4.69, 9.17) is 35.3 Å². The van der Waals surface area contributed by atoms with Crippen LogP contribution in [0.25, 0.3) is 17.0 Å². The first kappa shape index (κ1) is 21.9. The van der Waals surface area contributed by atoms with E-state index in [2.05, 4.69) is 10.5 Å². The number of urea groups is 1. The van der Waals surface area contributed by atoms with Gasteiger partial charge in [0.2, 0.25) is 12.6 Å². The Labute approximate surface area is 206 Å². The number of carbonyl (C=O) groups is 1. The molecule has 0 saturated carbocycles. The van der Waals surface area contributed by atoms with Crippen molar-refractivity contribution in [1.82, 2.24) is 20.4 Å². The van der Waals surface area contributed by atoms with Crippen molar-refractivity contribution < 1.29 is 23.5 Å². The van der Waals surface area contributed by atoms with Gasteiger partial charge in [-0.25, -0.2) is 4.79 Å². The third-order valence-corrected chi connectivity index (χ3v) is 6.71. The largest absolute Gasteiger partial charge is 0.454 e. The Morgan fingerprint density at radius 2 is 2.06 bits per heavy atom. The second kappa shape index (κ2) is 8.90. The van der Waals surface area contributed by atoms with Gasteiger partial charge < -0.3 is 24.1 Å². The zero-order valence-corrected chi connectivity index (χ0v) is 19.7. The molecular formula is C25H23ClN4O5. The van der Waals surface area contributed by atoms with Crippen molar-refractivity contribution in [1.29, 1.82) is 0 Å². The highest BCUT2D eigenvalue weighted by Gasteiger charge is 2.37. The molecule has 3 aromatic rings. The van der Waals surface area contributed by atoms with E-state index >= 15 is 0 Å². The van der Waals surface area contributed by atoms with Crippen LogP contribution in [0, 0.1) is 0 Å². The molecule has 2 unspecified atom stereocenters. The summed E-state index contributed by atoms with van der Waals surface area (Å²) < 4.78 is 22.4. The molecule has 9 nitrogen and oxygen atoms in total. The van der Waals surface area contributed by atoms with Gasteiger partial charge in [0.1, 0.15) is 0 Å². The van der Waals surface area contributed by atoms with Crippen molar-refractivity contribution in [3.8, 4) is 22.9 Å². The van der Waals surface area contributed by atoms with Gasteiger partial charge in [0.15, 0.2) is 11.5 Å². The smallest absolute Gasteiger partial charge is 0.322 e. The Morgan fingerprint density at radius 3 is 2.89 bits per heavy atom. The van der Waals surface area contributed by atoms with Gasteiger partial charge in [0.25, 0.3) is 5.89 Å². The lowest BCUT2D eigenvalue weighted by molar-refractivity contribution is 0.0877. The summed E-state index contributed by atoms with van der Waals surface area (Å²) in [7, 11) is 0. The molecule has 2 amide bonds. The second-order valence-electron chi connectivity index (χ2n) is 8.67. The third-order valence-electron chi connectivity index (χ3n) is 6.48. The van der Waals surface area contributed by atoms with Crippen molar-refractivity contribution in [3.63, 3.8) is 0 Å². The van der Waals surface area contributed by atoms with Crippen molar-refractivity contribution in [2.24, 2.45) is 0 Å². The van der Waals surface area contributed by atoms with Gasteiger partial charge in [-0.1, -0.05) is 28.9 Å². The SMILES string of the molecule is CC1=C(c2nc(-c3ccc4c(c3)OCO4)no2)C(c2cccc(Cl)c2)NC(=O)N1CC1CCCO1. The summed E-state index contributed by atoms with van der Waals surface area (Å²) in [6.07, 6.45) is 1.90. The number of hydrogen-bond donors (Lipinski definition) is 1. The summed E-state index contributed by atoms with van der Waals surface area (Å²) in [4.78, 5) is 19.6. The zero-order chi connectivity index (χ0) is 23.9. The minimum absolute atomic E-state index is 0.00783. The molecule has 10 heteroatoms. The number of ether oxygens (including phenoxy) is 3. The number of aromatic nitrogens is 2. The van der Waals surface area contributed by atoms with Gasteiger partial charge >= 0.3 is 6.03 Å². The van der Waals surface area contributed by atoms with Crippen LogP contribution in [-0.2, 0) is 4.74 Å². The van der Waals surface area contributed by atoms with Crippen LogP contribution in [0.5, 0.6) is 11.5 Å². The third kappa shape index (κ3) is 4.11. The number of nitrogens with one attached hydrogen (secondary N) is 1. The zero-order valence-electron chi connectivity index (χ0n) is 19.0. The Kier molecular flexibility index (Phi) is 5.58. The standard InChI is InChI=1S/C25H23ClN4O5/c1-14-21(24-28-23(29-35-24)16-7-8-19-20(11-16)34-13-33-19)22(15-4-2-5-17(26)10-15)27-25(31)30(14)12-18-6-3-9-32-18/h2,4-5,7-8,10-11,18,22H,3,6,9,12-13H2,1H3,(H,27,31). The predicted octanol–water partition coefficient (Wildman–Crippen LogP) is 4.80. The molecule has 180 valence electrons. The molecule has 4 heterocycles. The van der Waals surface area contributed by atoms with E-state index in [1.807, 2.05) is 43.3 Å². The van der Waals surface area contributed by atoms with Gasteiger partial charge in [0, 0.05) is 22.9 Å². The number of benzene rings is 2. The first-order valence-electron chi connectivity index (χ1n) is 11.5. The van der Waals surface area contributed by atoms with E-state index in [0.29, 0.717) is 47.0 Å². The molecule has 0 spiro atoms. The second-order valence-corrected chi connectivity index (χ2v) is 9.11.